The van der Waals surface area contributed by atoms with Crippen molar-refractivity contribution < 1.29 is 5.11 Å². The van der Waals surface area contributed by atoms with E-state index in [2.05, 4.69) is 31.0 Å². The summed E-state index contributed by atoms with van der Waals surface area (Å²) in [6, 6.07) is 8.29. The lowest BCUT2D eigenvalue weighted by Gasteiger charge is -2.21. The van der Waals surface area contributed by atoms with Crippen molar-refractivity contribution in [3.8, 4) is 0 Å². The third-order valence-electron chi connectivity index (χ3n) is 2.90. The molecule has 0 bridgehead atoms. The summed E-state index contributed by atoms with van der Waals surface area (Å²) in [5.41, 5.74) is 2.43. The number of likely N-dealkylation sites (N-methyl/N-ethyl adjacent to an activating group) is 1. The zero-order valence-corrected chi connectivity index (χ0v) is 8.12. The molecule has 0 saturated heterocycles. The Morgan fingerprint density at radius 3 is 2.85 bits per heavy atom. The molecule has 1 aliphatic rings. The summed E-state index contributed by atoms with van der Waals surface area (Å²) in [6.07, 6.45) is 0. The minimum Gasteiger partial charge on any atom is -0.395 e. The van der Waals surface area contributed by atoms with E-state index < -0.39 is 0 Å². The molecule has 1 atom stereocenters. The highest BCUT2D eigenvalue weighted by Crippen LogP contribution is 2.38. The molecule has 2 nitrogen and oxygen atoms in total. The van der Waals surface area contributed by atoms with Crippen LogP contribution in [0.5, 0.6) is 0 Å². The van der Waals surface area contributed by atoms with E-state index in [1.165, 1.54) is 11.3 Å². The topological polar surface area (TPSA) is 23.5 Å². The van der Waals surface area contributed by atoms with Gasteiger partial charge in [-0.2, -0.15) is 0 Å². The van der Waals surface area contributed by atoms with Crippen LogP contribution in [0, 0.1) is 0 Å². The molecule has 2 rings (SSSR count). The van der Waals surface area contributed by atoms with E-state index in [1.54, 1.807) is 0 Å². The molecule has 0 aromatic heterocycles. The molecule has 0 saturated carbocycles. The van der Waals surface area contributed by atoms with Crippen LogP contribution in [-0.2, 0) is 5.41 Å². The summed E-state index contributed by atoms with van der Waals surface area (Å²) in [5.74, 6) is 0. The van der Waals surface area contributed by atoms with Crippen LogP contribution in [0.15, 0.2) is 24.3 Å². The summed E-state index contributed by atoms with van der Waals surface area (Å²) >= 11 is 0. The number of aliphatic hydroxyl groups is 1. The minimum absolute atomic E-state index is 0.0780. The molecular weight excluding hydrogens is 162 g/mol. The van der Waals surface area contributed by atoms with Crippen molar-refractivity contribution in [3.05, 3.63) is 29.8 Å². The average Bonchev–Trinajstić information content (AvgIpc) is 2.42. The lowest BCUT2D eigenvalue weighted by molar-refractivity contribution is 0.216. The summed E-state index contributed by atoms with van der Waals surface area (Å²) in [5, 5.41) is 9.36. The smallest absolute Gasteiger partial charge is 0.0543 e. The van der Waals surface area contributed by atoms with Crippen LogP contribution in [0.25, 0.3) is 0 Å². The summed E-state index contributed by atoms with van der Waals surface area (Å²) in [6.45, 7) is 3.23. The number of fused-ring (bicyclic) bond motifs is 1. The Morgan fingerprint density at radius 2 is 2.15 bits per heavy atom. The Hall–Kier alpha value is -1.02. The molecule has 0 amide bonds. The van der Waals surface area contributed by atoms with Crippen molar-refractivity contribution in [1.82, 2.24) is 0 Å². The van der Waals surface area contributed by atoms with Gasteiger partial charge in [0.2, 0.25) is 0 Å². The van der Waals surface area contributed by atoms with Gasteiger partial charge in [-0.25, -0.2) is 0 Å². The van der Waals surface area contributed by atoms with Crippen molar-refractivity contribution in [2.24, 2.45) is 0 Å². The molecule has 0 aliphatic carbocycles. The first-order chi connectivity index (χ1) is 6.17. The highest BCUT2D eigenvalue weighted by atomic mass is 16.3. The second-order valence-electron chi connectivity index (χ2n) is 4.09. The summed E-state index contributed by atoms with van der Waals surface area (Å²) in [4.78, 5) is 2.20. The van der Waals surface area contributed by atoms with E-state index in [0.29, 0.717) is 0 Å². The second kappa shape index (κ2) is 2.74. The van der Waals surface area contributed by atoms with E-state index >= 15 is 0 Å². The van der Waals surface area contributed by atoms with Crippen LogP contribution in [0.2, 0.25) is 0 Å². The fourth-order valence-electron chi connectivity index (χ4n) is 2.15. The number of nitrogens with zero attached hydrogens (tertiary/aromatic N) is 1. The predicted molar refractivity (Wildman–Crippen MR) is 54.1 cm³/mol. The first kappa shape index (κ1) is 8.57. The van der Waals surface area contributed by atoms with Crippen molar-refractivity contribution >= 4 is 5.69 Å². The number of para-hydroxylation sites is 1. The van der Waals surface area contributed by atoms with Gasteiger partial charge in [-0.05, 0) is 11.6 Å². The van der Waals surface area contributed by atoms with Crippen LogP contribution < -0.4 is 4.90 Å². The van der Waals surface area contributed by atoms with Gasteiger partial charge in [-0.3, -0.25) is 0 Å². The van der Waals surface area contributed by atoms with Crippen molar-refractivity contribution in [3.63, 3.8) is 0 Å². The van der Waals surface area contributed by atoms with Gasteiger partial charge in [0, 0.05) is 24.7 Å². The zero-order valence-electron chi connectivity index (χ0n) is 8.12. The van der Waals surface area contributed by atoms with Crippen molar-refractivity contribution in [1.29, 1.82) is 0 Å². The largest absolute Gasteiger partial charge is 0.395 e. The van der Waals surface area contributed by atoms with Crippen LogP contribution >= 0.6 is 0 Å². The van der Waals surface area contributed by atoms with Crippen molar-refractivity contribution in [2.75, 3.05) is 25.1 Å². The number of anilines is 1. The molecule has 1 heterocycles. The Morgan fingerprint density at radius 1 is 1.46 bits per heavy atom. The Bertz CT molecular complexity index is 324. The van der Waals surface area contributed by atoms with E-state index in [-0.39, 0.29) is 12.0 Å². The van der Waals surface area contributed by atoms with Crippen molar-refractivity contribution in [2.45, 2.75) is 12.3 Å². The lowest BCUT2D eigenvalue weighted by atomic mass is 9.86. The molecule has 1 aliphatic heterocycles. The molecular formula is C11H15NO. The number of benzene rings is 1. The summed E-state index contributed by atoms with van der Waals surface area (Å²) < 4.78 is 0. The molecule has 0 unspecified atom stereocenters. The number of aliphatic hydroxyl groups excluding tert-OH is 1. The van der Waals surface area contributed by atoms with Crippen LogP contribution in [-0.4, -0.2) is 25.3 Å². The molecule has 0 fully saturated rings. The average molecular weight is 177 g/mol. The standard InChI is InChI=1S/C11H15NO/c1-11(8-13)7-12(2)10-6-4-3-5-9(10)11/h3-6,13H,7-8H2,1-2H3/t11-/m0/s1. The lowest BCUT2D eigenvalue weighted by Crippen LogP contribution is -2.32. The first-order valence-corrected chi connectivity index (χ1v) is 4.59. The molecule has 0 spiro atoms. The van der Waals surface area contributed by atoms with E-state index in [0.717, 1.165) is 6.54 Å². The fraction of sp³-hybridized carbons (Fsp3) is 0.455. The third kappa shape index (κ3) is 1.13. The summed E-state index contributed by atoms with van der Waals surface area (Å²) in [7, 11) is 2.07. The number of rotatable bonds is 1. The van der Waals surface area contributed by atoms with E-state index in [1.807, 2.05) is 12.1 Å². The Labute approximate surface area is 78.8 Å². The number of hydrogen-bond acceptors (Lipinski definition) is 2. The maximum atomic E-state index is 9.36. The SMILES string of the molecule is CN1C[C@@](C)(CO)c2ccccc21. The van der Waals surface area contributed by atoms with Crippen LogP contribution in [0.4, 0.5) is 5.69 Å². The highest BCUT2D eigenvalue weighted by molar-refractivity contribution is 5.61. The molecule has 2 heteroatoms. The van der Waals surface area contributed by atoms with Gasteiger partial charge in [0.25, 0.3) is 0 Å². The molecule has 13 heavy (non-hydrogen) atoms. The predicted octanol–water partition coefficient (Wildman–Crippen LogP) is 1.39. The number of hydrogen-bond donors (Lipinski definition) is 1. The van der Waals surface area contributed by atoms with Gasteiger partial charge in [-0.1, -0.05) is 25.1 Å². The van der Waals surface area contributed by atoms with Gasteiger partial charge in [-0.15, -0.1) is 0 Å². The monoisotopic (exact) mass is 177 g/mol. The van der Waals surface area contributed by atoms with Gasteiger partial charge in [0.1, 0.15) is 0 Å². The van der Waals surface area contributed by atoms with Gasteiger partial charge in [0.15, 0.2) is 0 Å². The molecule has 70 valence electrons. The van der Waals surface area contributed by atoms with E-state index in [4.69, 9.17) is 0 Å². The minimum atomic E-state index is -0.0780. The highest BCUT2D eigenvalue weighted by Gasteiger charge is 2.36. The molecule has 1 aromatic rings. The van der Waals surface area contributed by atoms with Crippen LogP contribution in [0.3, 0.4) is 0 Å². The van der Waals surface area contributed by atoms with Gasteiger partial charge in [0.05, 0.1) is 6.61 Å². The molecule has 1 N–H and O–H groups in total. The zero-order chi connectivity index (χ0) is 9.47. The fourth-order valence-corrected chi connectivity index (χ4v) is 2.15. The quantitative estimate of drug-likeness (QED) is 0.700. The van der Waals surface area contributed by atoms with Gasteiger partial charge < -0.3 is 10.0 Å². The van der Waals surface area contributed by atoms with Crippen LogP contribution in [0.1, 0.15) is 12.5 Å². The maximum absolute atomic E-state index is 9.36. The normalized spacial score (nSPS) is 26.2. The Balaban J connectivity index is 2.53. The third-order valence-corrected chi connectivity index (χ3v) is 2.90. The first-order valence-electron chi connectivity index (χ1n) is 4.59. The molecule has 1 aromatic carbocycles. The van der Waals surface area contributed by atoms with E-state index in [9.17, 15) is 5.11 Å². The Kier molecular flexibility index (Phi) is 1.81. The second-order valence-corrected chi connectivity index (χ2v) is 4.09. The maximum Gasteiger partial charge on any atom is 0.0543 e. The molecule has 0 radical (unpaired) electrons. The van der Waals surface area contributed by atoms with Gasteiger partial charge >= 0.3 is 0 Å².